The predicted molar refractivity (Wildman–Crippen MR) is 82.9 cm³/mol. The molecule has 1 aliphatic rings. The summed E-state index contributed by atoms with van der Waals surface area (Å²) in [6.07, 6.45) is 10.3. The fourth-order valence-electron chi connectivity index (χ4n) is 3.30. The van der Waals surface area contributed by atoms with E-state index in [0.717, 1.165) is 34.9 Å². The van der Waals surface area contributed by atoms with E-state index in [1.54, 1.807) is 0 Å². The van der Waals surface area contributed by atoms with Gasteiger partial charge in [0, 0.05) is 19.0 Å². The molecule has 2 heterocycles. The number of fused-ring (bicyclic) bond motifs is 1. The molecule has 0 spiro atoms. The van der Waals surface area contributed by atoms with E-state index < -0.39 is 0 Å². The second-order valence-corrected chi connectivity index (χ2v) is 6.02. The van der Waals surface area contributed by atoms with E-state index in [2.05, 4.69) is 21.5 Å². The summed E-state index contributed by atoms with van der Waals surface area (Å²) in [5, 5.41) is 9.08. The highest BCUT2D eigenvalue weighted by atomic mass is 15.3. The minimum Gasteiger partial charge on any atom is -0.384 e. The monoisotopic (exact) mass is 272 g/mol. The van der Waals surface area contributed by atoms with Crippen molar-refractivity contribution >= 4 is 16.7 Å². The second kappa shape index (κ2) is 5.81. The van der Waals surface area contributed by atoms with Crippen LogP contribution in [-0.4, -0.2) is 21.3 Å². The van der Waals surface area contributed by atoms with E-state index in [1.807, 2.05) is 24.9 Å². The van der Waals surface area contributed by atoms with Crippen molar-refractivity contribution in [3.63, 3.8) is 0 Å². The molecule has 0 aliphatic heterocycles. The van der Waals surface area contributed by atoms with Gasteiger partial charge in [-0.05, 0) is 25.3 Å². The van der Waals surface area contributed by atoms with Gasteiger partial charge in [0.1, 0.15) is 0 Å². The lowest BCUT2D eigenvalue weighted by Crippen LogP contribution is -2.12. The Morgan fingerprint density at radius 2 is 2.10 bits per heavy atom. The Kier molecular flexibility index (Phi) is 3.90. The minimum absolute atomic E-state index is 0.924. The topological polar surface area (TPSA) is 42.7 Å². The molecule has 4 heteroatoms. The van der Waals surface area contributed by atoms with Gasteiger partial charge in [0.25, 0.3) is 0 Å². The minimum atomic E-state index is 0.924. The van der Waals surface area contributed by atoms with E-state index in [9.17, 15) is 0 Å². The molecule has 0 amide bonds. The van der Waals surface area contributed by atoms with E-state index in [-0.39, 0.29) is 0 Å². The molecule has 20 heavy (non-hydrogen) atoms. The first kappa shape index (κ1) is 13.4. The van der Waals surface area contributed by atoms with Crippen LogP contribution in [0, 0.1) is 12.8 Å². The number of aromatic nitrogens is 3. The lowest BCUT2D eigenvalue weighted by atomic mass is 9.87. The molecule has 4 nitrogen and oxygen atoms in total. The number of pyridine rings is 1. The molecule has 0 radical (unpaired) electrons. The molecular formula is C16H24N4. The number of hydrogen-bond donors (Lipinski definition) is 1. The van der Waals surface area contributed by atoms with Gasteiger partial charge in [-0.1, -0.05) is 32.1 Å². The number of nitrogens with zero attached hydrogens (tertiary/aromatic N) is 3. The molecule has 1 N–H and O–H groups in total. The summed E-state index contributed by atoms with van der Waals surface area (Å²) in [6, 6.07) is 2.17. The van der Waals surface area contributed by atoms with Crippen molar-refractivity contribution in [3.8, 4) is 0 Å². The molecular weight excluding hydrogens is 248 g/mol. The zero-order chi connectivity index (χ0) is 13.9. The van der Waals surface area contributed by atoms with Crippen molar-refractivity contribution in [2.45, 2.75) is 45.4 Å². The van der Waals surface area contributed by atoms with Crippen LogP contribution in [0.1, 0.15) is 44.2 Å². The Morgan fingerprint density at radius 1 is 1.30 bits per heavy atom. The average Bonchev–Trinajstić information content (AvgIpc) is 2.75. The van der Waals surface area contributed by atoms with Gasteiger partial charge in [0.2, 0.25) is 0 Å². The van der Waals surface area contributed by atoms with Gasteiger partial charge in [-0.3, -0.25) is 4.68 Å². The molecule has 108 valence electrons. The molecule has 2 aromatic heterocycles. The summed E-state index contributed by atoms with van der Waals surface area (Å²) >= 11 is 0. The van der Waals surface area contributed by atoms with Crippen LogP contribution in [0.4, 0.5) is 5.69 Å². The molecule has 0 bridgehead atoms. The zero-order valence-electron chi connectivity index (χ0n) is 12.5. The van der Waals surface area contributed by atoms with E-state index in [4.69, 9.17) is 0 Å². The number of hydrogen-bond acceptors (Lipinski definition) is 3. The van der Waals surface area contributed by atoms with Crippen LogP contribution in [0.25, 0.3) is 11.0 Å². The first-order valence-electron chi connectivity index (χ1n) is 7.77. The summed E-state index contributed by atoms with van der Waals surface area (Å²) in [4.78, 5) is 4.50. The van der Waals surface area contributed by atoms with Gasteiger partial charge in [-0.25, -0.2) is 4.98 Å². The number of aryl methyl sites for hydroxylation is 2. The van der Waals surface area contributed by atoms with Crippen LogP contribution in [0.2, 0.25) is 0 Å². The van der Waals surface area contributed by atoms with Gasteiger partial charge in [0.15, 0.2) is 5.65 Å². The molecule has 0 saturated heterocycles. The van der Waals surface area contributed by atoms with Crippen molar-refractivity contribution in [3.05, 3.63) is 18.0 Å². The fraction of sp³-hybridized carbons (Fsp3) is 0.625. The summed E-state index contributed by atoms with van der Waals surface area (Å²) in [6.45, 7) is 3.09. The first-order chi connectivity index (χ1) is 9.74. The normalized spacial score (nSPS) is 16.7. The predicted octanol–water partition coefficient (Wildman–Crippen LogP) is 3.66. The van der Waals surface area contributed by atoms with Crippen LogP contribution in [0.15, 0.2) is 12.3 Å². The largest absolute Gasteiger partial charge is 0.384 e. The van der Waals surface area contributed by atoms with Gasteiger partial charge < -0.3 is 5.32 Å². The van der Waals surface area contributed by atoms with Crippen LogP contribution < -0.4 is 5.32 Å². The third-order valence-electron chi connectivity index (χ3n) is 4.47. The summed E-state index contributed by atoms with van der Waals surface area (Å²) in [5.74, 6) is 0.924. The van der Waals surface area contributed by atoms with Crippen molar-refractivity contribution in [2.75, 3.05) is 11.9 Å². The highest BCUT2D eigenvalue weighted by Crippen LogP contribution is 2.26. The Labute approximate surface area is 120 Å². The molecule has 0 aromatic carbocycles. The van der Waals surface area contributed by atoms with Gasteiger partial charge in [-0.15, -0.1) is 0 Å². The van der Waals surface area contributed by atoms with Crippen LogP contribution >= 0.6 is 0 Å². The molecule has 0 unspecified atom stereocenters. The van der Waals surface area contributed by atoms with E-state index >= 15 is 0 Å². The Bertz CT molecular complexity index is 581. The Hall–Kier alpha value is -1.58. The lowest BCUT2D eigenvalue weighted by Gasteiger charge is -2.21. The highest BCUT2D eigenvalue weighted by molar-refractivity contribution is 5.81. The number of anilines is 1. The third kappa shape index (κ3) is 2.79. The maximum absolute atomic E-state index is 4.50. The lowest BCUT2D eigenvalue weighted by molar-refractivity contribution is 0.345. The van der Waals surface area contributed by atoms with Gasteiger partial charge in [-0.2, -0.15) is 5.10 Å². The van der Waals surface area contributed by atoms with Crippen molar-refractivity contribution in [1.29, 1.82) is 0 Å². The maximum atomic E-state index is 4.50. The number of nitrogens with one attached hydrogen (secondary N) is 1. The molecule has 0 atom stereocenters. The van der Waals surface area contributed by atoms with E-state index in [0.29, 0.717) is 0 Å². The third-order valence-corrected chi connectivity index (χ3v) is 4.47. The fourth-order valence-corrected chi connectivity index (χ4v) is 3.30. The molecule has 1 fully saturated rings. The van der Waals surface area contributed by atoms with Crippen LogP contribution in [0.3, 0.4) is 0 Å². The standard InChI is InChI=1S/C16H24N4/c1-12-15-10-14(11-18-16(15)20(2)19-12)17-9-8-13-6-4-3-5-7-13/h10-11,13,17H,3-9H2,1-2H3. The summed E-state index contributed by atoms with van der Waals surface area (Å²) in [5.41, 5.74) is 3.12. The van der Waals surface area contributed by atoms with E-state index in [1.165, 1.54) is 38.5 Å². The van der Waals surface area contributed by atoms with Crippen LogP contribution in [0.5, 0.6) is 0 Å². The van der Waals surface area contributed by atoms with Crippen molar-refractivity contribution < 1.29 is 0 Å². The summed E-state index contributed by atoms with van der Waals surface area (Å²) in [7, 11) is 1.94. The molecule has 2 aromatic rings. The second-order valence-electron chi connectivity index (χ2n) is 6.02. The first-order valence-corrected chi connectivity index (χ1v) is 7.77. The van der Waals surface area contributed by atoms with Gasteiger partial charge >= 0.3 is 0 Å². The zero-order valence-corrected chi connectivity index (χ0v) is 12.5. The summed E-state index contributed by atoms with van der Waals surface area (Å²) < 4.78 is 1.84. The molecule has 3 rings (SSSR count). The molecule has 1 aliphatic carbocycles. The number of rotatable bonds is 4. The average molecular weight is 272 g/mol. The van der Waals surface area contributed by atoms with Crippen LogP contribution in [-0.2, 0) is 7.05 Å². The van der Waals surface area contributed by atoms with Crippen molar-refractivity contribution in [2.24, 2.45) is 13.0 Å². The highest BCUT2D eigenvalue weighted by Gasteiger charge is 2.13. The van der Waals surface area contributed by atoms with Gasteiger partial charge in [0.05, 0.1) is 17.6 Å². The Morgan fingerprint density at radius 3 is 2.90 bits per heavy atom. The van der Waals surface area contributed by atoms with Crippen molar-refractivity contribution in [1.82, 2.24) is 14.8 Å². The molecule has 1 saturated carbocycles. The Balaban J connectivity index is 1.61. The maximum Gasteiger partial charge on any atom is 0.157 e. The smallest absolute Gasteiger partial charge is 0.157 e. The quantitative estimate of drug-likeness (QED) is 0.923. The SMILES string of the molecule is Cc1nn(C)c2ncc(NCCC3CCCCC3)cc12.